The van der Waals surface area contributed by atoms with Crippen LogP contribution in [0.4, 0.5) is 0 Å². The Labute approximate surface area is 88.4 Å². The molecule has 1 aromatic carbocycles. The second-order valence-corrected chi connectivity index (χ2v) is 4.16. The van der Waals surface area contributed by atoms with Gasteiger partial charge in [-0.05, 0) is 73.9 Å². The Kier molecular flexibility index (Phi) is 3.36. The normalized spacial score (nSPS) is 10.7. The highest BCUT2D eigenvalue weighted by Gasteiger charge is 2.11. The fourth-order valence-electron chi connectivity index (χ4n) is 2.53. The maximum absolute atomic E-state index is 2.26. The largest absolute Gasteiger partial charge is 0.0613 e. The molecule has 0 N–H and O–H groups in total. The minimum Gasteiger partial charge on any atom is -0.0613 e. The summed E-state index contributed by atoms with van der Waals surface area (Å²) in [5.41, 5.74) is 9.13. The molecule has 0 atom stereocenters. The van der Waals surface area contributed by atoms with E-state index in [1.54, 1.807) is 11.1 Å². The van der Waals surface area contributed by atoms with Crippen molar-refractivity contribution in [3.05, 3.63) is 33.4 Å². The maximum atomic E-state index is 2.26. The third-order valence-electron chi connectivity index (χ3n) is 3.64. The molecule has 0 saturated heterocycles. The lowest BCUT2D eigenvalue weighted by atomic mass is 9.87. The smallest absolute Gasteiger partial charge is 0.0302 e. The summed E-state index contributed by atoms with van der Waals surface area (Å²) >= 11 is 0. The van der Waals surface area contributed by atoms with E-state index < -0.39 is 0 Å². The number of rotatable bonds is 2. The molecule has 0 aliphatic carbocycles. The van der Waals surface area contributed by atoms with Crippen molar-refractivity contribution < 1.29 is 0 Å². The summed E-state index contributed by atoms with van der Waals surface area (Å²) in [5.74, 6) is 0. The van der Waals surface area contributed by atoms with E-state index in [0.29, 0.717) is 0 Å². The topological polar surface area (TPSA) is 0 Å². The van der Waals surface area contributed by atoms with Crippen LogP contribution < -0.4 is 0 Å². The first-order chi connectivity index (χ1) is 6.54. The van der Waals surface area contributed by atoms with Crippen molar-refractivity contribution in [2.24, 2.45) is 0 Å². The van der Waals surface area contributed by atoms with Crippen molar-refractivity contribution >= 4 is 0 Å². The minimum atomic E-state index is 1.16. The fraction of sp³-hybridized carbons (Fsp3) is 0.571. The van der Waals surface area contributed by atoms with Gasteiger partial charge < -0.3 is 0 Å². The summed E-state index contributed by atoms with van der Waals surface area (Å²) in [6.07, 6.45) is 2.31. The summed E-state index contributed by atoms with van der Waals surface area (Å²) in [6, 6.07) is 0. The highest BCUT2D eigenvalue weighted by Crippen LogP contribution is 2.27. The Balaban J connectivity index is 3.55. The first-order valence-electron chi connectivity index (χ1n) is 5.62. The molecule has 14 heavy (non-hydrogen) atoms. The van der Waals surface area contributed by atoms with Gasteiger partial charge in [0.25, 0.3) is 0 Å². The molecule has 1 aromatic rings. The van der Waals surface area contributed by atoms with Crippen LogP contribution in [-0.2, 0) is 12.8 Å². The minimum absolute atomic E-state index is 1.16. The lowest BCUT2D eigenvalue weighted by Gasteiger charge is -2.18. The molecule has 0 saturated carbocycles. The van der Waals surface area contributed by atoms with E-state index in [1.807, 2.05) is 0 Å². The number of hydrogen-bond acceptors (Lipinski definition) is 0. The van der Waals surface area contributed by atoms with Crippen molar-refractivity contribution in [2.75, 3.05) is 0 Å². The van der Waals surface area contributed by atoms with Gasteiger partial charge in [-0.3, -0.25) is 0 Å². The Hall–Kier alpha value is -0.780. The van der Waals surface area contributed by atoms with E-state index in [-0.39, 0.29) is 0 Å². The second-order valence-electron chi connectivity index (χ2n) is 4.16. The van der Waals surface area contributed by atoms with Gasteiger partial charge in [0.1, 0.15) is 0 Å². The number of benzene rings is 1. The monoisotopic (exact) mass is 190 g/mol. The van der Waals surface area contributed by atoms with E-state index in [2.05, 4.69) is 41.5 Å². The van der Waals surface area contributed by atoms with Crippen LogP contribution in [0.5, 0.6) is 0 Å². The molecular formula is C14H22. The molecule has 78 valence electrons. The van der Waals surface area contributed by atoms with E-state index in [1.165, 1.54) is 22.3 Å². The molecule has 0 spiro atoms. The van der Waals surface area contributed by atoms with E-state index in [4.69, 9.17) is 0 Å². The molecule has 0 radical (unpaired) electrons. The van der Waals surface area contributed by atoms with Gasteiger partial charge in [-0.15, -0.1) is 0 Å². The molecule has 0 aromatic heterocycles. The van der Waals surface area contributed by atoms with E-state index in [9.17, 15) is 0 Å². The molecule has 0 heteroatoms. The summed E-state index contributed by atoms with van der Waals surface area (Å²) in [6.45, 7) is 13.6. The molecule has 0 amide bonds. The average molecular weight is 190 g/mol. The molecule has 0 heterocycles. The highest BCUT2D eigenvalue weighted by atomic mass is 14.2. The SMILES string of the molecule is CCc1c(C)c(C)c(CC)c(C)c1C. The lowest BCUT2D eigenvalue weighted by Crippen LogP contribution is -2.03. The highest BCUT2D eigenvalue weighted by molar-refractivity contribution is 5.49. The van der Waals surface area contributed by atoms with E-state index in [0.717, 1.165) is 12.8 Å². The number of hydrogen-bond donors (Lipinski definition) is 0. The molecule has 0 fully saturated rings. The predicted octanol–water partition coefficient (Wildman–Crippen LogP) is 4.05. The van der Waals surface area contributed by atoms with Gasteiger partial charge in [-0.2, -0.15) is 0 Å². The Morgan fingerprint density at radius 3 is 0.929 bits per heavy atom. The molecule has 1 rings (SSSR count). The molecule has 0 nitrogen and oxygen atoms in total. The van der Waals surface area contributed by atoms with Gasteiger partial charge in [0.15, 0.2) is 0 Å². The predicted molar refractivity (Wildman–Crippen MR) is 64.1 cm³/mol. The Morgan fingerprint density at radius 2 is 0.786 bits per heavy atom. The zero-order valence-corrected chi connectivity index (χ0v) is 10.4. The summed E-state index contributed by atoms with van der Waals surface area (Å²) in [5, 5.41) is 0. The van der Waals surface area contributed by atoms with Crippen LogP contribution >= 0.6 is 0 Å². The second kappa shape index (κ2) is 4.16. The Morgan fingerprint density at radius 1 is 0.571 bits per heavy atom. The first kappa shape index (κ1) is 11.3. The average Bonchev–Trinajstić information content (AvgIpc) is 2.17. The van der Waals surface area contributed by atoms with Gasteiger partial charge in [0.2, 0.25) is 0 Å². The first-order valence-corrected chi connectivity index (χ1v) is 5.62. The molecule has 0 aliphatic heterocycles. The summed E-state index contributed by atoms with van der Waals surface area (Å²) in [7, 11) is 0. The lowest BCUT2D eigenvalue weighted by molar-refractivity contribution is 0.996. The summed E-state index contributed by atoms with van der Waals surface area (Å²) < 4.78 is 0. The van der Waals surface area contributed by atoms with Crippen LogP contribution in [0.3, 0.4) is 0 Å². The molecule has 0 aliphatic rings. The third kappa shape index (κ3) is 1.58. The van der Waals surface area contributed by atoms with Gasteiger partial charge >= 0.3 is 0 Å². The van der Waals surface area contributed by atoms with Crippen LogP contribution in [0.2, 0.25) is 0 Å². The third-order valence-corrected chi connectivity index (χ3v) is 3.64. The zero-order chi connectivity index (χ0) is 10.9. The van der Waals surface area contributed by atoms with Crippen LogP contribution in [0.25, 0.3) is 0 Å². The van der Waals surface area contributed by atoms with Gasteiger partial charge in [0, 0.05) is 0 Å². The van der Waals surface area contributed by atoms with Crippen LogP contribution in [0.1, 0.15) is 47.2 Å². The zero-order valence-electron chi connectivity index (χ0n) is 10.4. The van der Waals surface area contributed by atoms with Crippen LogP contribution in [0.15, 0.2) is 0 Å². The maximum Gasteiger partial charge on any atom is -0.0302 e. The van der Waals surface area contributed by atoms with E-state index >= 15 is 0 Å². The van der Waals surface area contributed by atoms with Crippen molar-refractivity contribution in [1.29, 1.82) is 0 Å². The van der Waals surface area contributed by atoms with Crippen molar-refractivity contribution in [2.45, 2.75) is 54.4 Å². The Bertz CT molecular complexity index is 282. The van der Waals surface area contributed by atoms with Crippen LogP contribution in [0, 0.1) is 27.7 Å². The van der Waals surface area contributed by atoms with Gasteiger partial charge in [-0.1, -0.05) is 13.8 Å². The quantitative estimate of drug-likeness (QED) is 0.660. The summed E-state index contributed by atoms with van der Waals surface area (Å²) in [4.78, 5) is 0. The van der Waals surface area contributed by atoms with Gasteiger partial charge in [0.05, 0.1) is 0 Å². The van der Waals surface area contributed by atoms with Gasteiger partial charge in [-0.25, -0.2) is 0 Å². The van der Waals surface area contributed by atoms with Crippen LogP contribution in [-0.4, -0.2) is 0 Å². The van der Waals surface area contributed by atoms with Crippen molar-refractivity contribution in [3.8, 4) is 0 Å². The standard InChI is InChI=1S/C14H22/c1-7-13-9(3)11(5)14(8-2)12(6)10(13)4/h7-8H2,1-6H3. The van der Waals surface area contributed by atoms with Crippen molar-refractivity contribution in [3.63, 3.8) is 0 Å². The van der Waals surface area contributed by atoms with Crippen molar-refractivity contribution in [1.82, 2.24) is 0 Å². The molecular weight excluding hydrogens is 168 g/mol. The molecule has 0 bridgehead atoms. The molecule has 0 unspecified atom stereocenters. The fourth-order valence-corrected chi connectivity index (χ4v) is 2.53.